The molecule has 1 aromatic carbocycles. The van der Waals surface area contributed by atoms with E-state index in [4.69, 9.17) is 0 Å². The minimum atomic E-state index is 0.0646. The maximum absolute atomic E-state index is 12.0. The number of carbonyl (C=O) groups is 1. The van der Waals surface area contributed by atoms with Crippen molar-refractivity contribution >= 4 is 11.7 Å². The van der Waals surface area contributed by atoms with Crippen molar-refractivity contribution in [2.75, 3.05) is 12.4 Å². The Balaban J connectivity index is 1.62. The van der Waals surface area contributed by atoms with Crippen LogP contribution in [0.2, 0.25) is 0 Å². The number of amides is 1. The minimum absolute atomic E-state index is 0.0646. The molecule has 1 fully saturated rings. The zero-order valence-electron chi connectivity index (χ0n) is 11.4. The largest absolute Gasteiger partial charge is 0.317 e. The molecule has 104 valence electrons. The molecular weight excluding hydrogens is 252 g/mol. The van der Waals surface area contributed by atoms with Crippen molar-refractivity contribution in [3.8, 4) is 5.69 Å². The van der Waals surface area contributed by atoms with Gasteiger partial charge in [0, 0.05) is 24.2 Å². The second-order valence-electron chi connectivity index (χ2n) is 5.12. The van der Waals surface area contributed by atoms with Gasteiger partial charge in [0.2, 0.25) is 5.91 Å². The van der Waals surface area contributed by atoms with Crippen molar-refractivity contribution in [2.45, 2.75) is 18.9 Å². The quantitative estimate of drug-likeness (QED) is 0.890. The zero-order valence-corrected chi connectivity index (χ0v) is 11.4. The van der Waals surface area contributed by atoms with Gasteiger partial charge in [-0.05, 0) is 32.0 Å². The Labute approximate surface area is 118 Å². The van der Waals surface area contributed by atoms with Crippen LogP contribution in [0.25, 0.3) is 5.69 Å². The van der Waals surface area contributed by atoms with Crippen LogP contribution in [-0.4, -0.2) is 28.8 Å². The van der Waals surface area contributed by atoms with Gasteiger partial charge in [-0.1, -0.05) is 18.2 Å². The lowest BCUT2D eigenvalue weighted by atomic mass is 9.80. The Morgan fingerprint density at radius 1 is 1.25 bits per heavy atom. The smallest absolute Gasteiger partial charge is 0.228 e. The van der Waals surface area contributed by atoms with E-state index in [9.17, 15) is 4.79 Å². The van der Waals surface area contributed by atoms with E-state index in [0.29, 0.717) is 11.9 Å². The topological polar surface area (TPSA) is 59.0 Å². The average Bonchev–Trinajstić information content (AvgIpc) is 2.87. The molecule has 0 aliphatic heterocycles. The Bertz CT molecular complexity index is 587. The monoisotopic (exact) mass is 270 g/mol. The first-order valence-corrected chi connectivity index (χ1v) is 6.85. The normalized spacial score (nSPS) is 21.2. The third-order valence-electron chi connectivity index (χ3n) is 3.78. The molecule has 1 aliphatic rings. The molecule has 1 heterocycles. The predicted octanol–water partition coefficient (Wildman–Crippen LogP) is 1.81. The molecule has 0 saturated heterocycles. The summed E-state index contributed by atoms with van der Waals surface area (Å²) in [7, 11) is 1.93. The molecule has 1 aromatic heterocycles. The van der Waals surface area contributed by atoms with E-state index in [2.05, 4.69) is 15.7 Å². The van der Waals surface area contributed by atoms with Gasteiger partial charge in [0.05, 0.1) is 5.69 Å². The first-order valence-electron chi connectivity index (χ1n) is 6.85. The number of nitrogens with zero attached hydrogens (tertiary/aromatic N) is 2. The van der Waals surface area contributed by atoms with Crippen LogP contribution in [0, 0.1) is 5.92 Å². The highest BCUT2D eigenvalue weighted by Crippen LogP contribution is 2.28. The van der Waals surface area contributed by atoms with E-state index in [-0.39, 0.29) is 11.8 Å². The van der Waals surface area contributed by atoms with Crippen molar-refractivity contribution in [3.05, 3.63) is 42.6 Å². The fraction of sp³-hybridized carbons (Fsp3) is 0.333. The second-order valence-corrected chi connectivity index (χ2v) is 5.12. The Morgan fingerprint density at radius 3 is 2.70 bits per heavy atom. The van der Waals surface area contributed by atoms with Crippen LogP contribution in [-0.2, 0) is 4.79 Å². The number of aromatic nitrogens is 2. The Hall–Kier alpha value is -2.14. The third-order valence-corrected chi connectivity index (χ3v) is 3.78. The van der Waals surface area contributed by atoms with Gasteiger partial charge in [-0.15, -0.1) is 0 Å². The first-order chi connectivity index (χ1) is 9.76. The van der Waals surface area contributed by atoms with Crippen LogP contribution in [0.15, 0.2) is 42.6 Å². The average molecular weight is 270 g/mol. The van der Waals surface area contributed by atoms with Crippen molar-refractivity contribution in [1.29, 1.82) is 0 Å². The summed E-state index contributed by atoms with van der Waals surface area (Å²) >= 11 is 0. The van der Waals surface area contributed by atoms with Crippen LogP contribution in [0.4, 0.5) is 5.82 Å². The summed E-state index contributed by atoms with van der Waals surface area (Å²) in [5, 5.41) is 10.4. The predicted molar refractivity (Wildman–Crippen MR) is 77.8 cm³/mol. The standard InChI is InChI=1S/C15H18N4O/c1-16-12-9-11(10-12)15(20)17-14-7-8-19(18-14)13-5-3-2-4-6-13/h2-8,11-12,16H,9-10H2,1H3,(H,17,18,20). The number of para-hydroxylation sites is 1. The highest BCUT2D eigenvalue weighted by atomic mass is 16.2. The van der Waals surface area contributed by atoms with Crippen molar-refractivity contribution < 1.29 is 4.79 Å². The number of benzene rings is 1. The summed E-state index contributed by atoms with van der Waals surface area (Å²) in [6, 6.07) is 12.1. The molecule has 1 saturated carbocycles. The van der Waals surface area contributed by atoms with Gasteiger partial charge in [0.1, 0.15) is 0 Å². The number of carbonyl (C=O) groups excluding carboxylic acids is 1. The molecule has 1 amide bonds. The fourth-order valence-corrected chi connectivity index (χ4v) is 2.41. The molecule has 0 atom stereocenters. The van der Waals surface area contributed by atoms with E-state index in [1.165, 1.54) is 0 Å². The number of hydrogen-bond acceptors (Lipinski definition) is 3. The van der Waals surface area contributed by atoms with Gasteiger partial charge in [-0.25, -0.2) is 4.68 Å². The number of hydrogen-bond donors (Lipinski definition) is 2. The third kappa shape index (κ3) is 2.58. The van der Waals surface area contributed by atoms with Crippen molar-refractivity contribution in [3.63, 3.8) is 0 Å². The highest BCUT2D eigenvalue weighted by molar-refractivity contribution is 5.92. The molecule has 20 heavy (non-hydrogen) atoms. The van der Waals surface area contributed by atoms with Crippen molar-refractivity contribution in [2.24, 2.45) is 5.92 Å². The van der Waals surface area contributed by atoms with E-state index < -0.39 is 0 Å². The minimum Gasteiger partial charge on any atom is -0.317 e. The van der Waals surface area contributed by atoms with E-state index in [0.717, 1.165) is 18.5 Å². The van der Waals surface area contributed by atoms with Gasteiger partial charge in [0.25, 0.3) is 0 Å². The SMILES string of the molecule is CNC1CC(C(=O)Nc2ccn(-c3ccccc3)n2)C1. The number of rotatable bonds is 4. The lowest BCUT2D eigenvalue weighted by Crippen LogP contribution is -2.44. The van der Waals surface area contributed by atoms with Crippen LogP contribution >= 0.6 is 0 Å². The first kappa shape index (κ1) is 12.9. The van der Waals surface area contributed by atoms with Crippen LogP contribution < -0.4 is 10.6 Å². The molecular formula is C15H18N4O. The molecule has 5 nitrogen and oxygen atoms in total. The molecule has 1 aliphatic carbocycles. The molecule has 0 radical (unpaired) electrons. The van der Waals surface area contributed by atoms with Gasteiger partial charge in [0.15, 0.2) is 5.82 Å². The molecule has 3 rings (SSSR count). The molecule has 0 unspecified atom stereocenters. The van der Waals surface area contributed by atoms with Gasteiger partial charge in [-0.3, -0.25) is 4.79 Å². The van der Waals surface area contributed by atoms with Gasteiger partial charge < -0.3 is 10.6 Å². The summed E-state index contributed by atoms with van der Waals surface area (Å²) in [5.41, 5.74) is 0.979. The van der Waals surface area contributed by atoms with E-state index in [1.807, 2.05) is 49.6 Å². The van der Waals surface area contributed by atoms with E-state index in [1.54, 1.807) is 4.68 Å². The van der Waals surface area contributed by atoms with E-state index >= 15 is 0 Å². The lowest BCUT2D eigenvalue weighted by molar-refractivity contribution is -0.122. The van der Waals surface area contributed by atoms with Gasteiger partial charge >= 0.3 is 0 Å². The van der Waals surface area contributed by atoms with Crippen molar-refractivity contribution in [1.82, 2.24) is 15.1 Å². The number of nitrogens with one attached hydrogen (secondary N) is 2. The molecule has 2 N–H and O–H groups in total. The summed E-state index contributed by atoms with van der Waals surface area (Å²) in [6.07, 6.45) is 3.66. The van der Waals surface area contributed by atoms with Crippen LogP contribution in [0.3, 0.4) is 0 Å². The number of anilines is 1. The molecule has 2 aromatic rings. The second kappa shape index (κ2) is 5.46. The molecule has 0 spiro atoms. The van der Waals surface area contributed by atoms with Gasteiger partial charge in [-0.2, -0.15) is 5.10 Å². The summed E-state index contributed by atoms with van der Waals surface area (Å²) in [6.45, 7) is 0. The zero-order chi connectivity index (χ0) is 13.9. The van der Waals surface area contributed by atoms with Crippen LogP contribution in [0.1, 0.15) is 12.8 Å². The van der Waals surface area contributed by atoms with Crippen LogP contribution in [0.5, 0.6) is 0 Å². The summed E-state index contributed by atoms with van der Waals surface area (Å²) in [4.78, 5) is 12.0. The summed E-state index contributed by atoms with van der Waals surface area (Å²) in [5.74, 6) is 0.774. The Kier molecular flexibility index (Phi) is 3.52. The maximum atomic E-state index is 12.0. The highest BCUT2D eigenvalue weighted by Gasteiger charge is 2.33. The summed E-state index contributed by atoms with van der Waals surface area (Å²) < 4.78 is 1.76. The Morgan fingerprint density at radius 2 is 2.00 bits per heavy atom. The molecule has 0 bridgehead atoms. The molecule has 5 heteroatoms. The maximum Gasteiger partial charge on any atom is 0.228 e. The fourth-order valence-electron chi connectivity index (χ4n) is 2.41. The lowest BCUT2D eigenvalue weighted by Gasteiger charge is -2.33.